The Morgan fingerprint density at radius 2 is 2.12 bits per heavy atom. The summed E-state index contributed by atoms with van der Waals surface area (Å²) < 4.78 is 16.2. The number of nitrogen functional groups attached to an aromatic ring is 1. The molecule has 0 fully saturated rings. The molecule has 6 heteroatoms. The summed E-state index contributed by atoms with van der Waals surface area (Å²) in [6.45, 7) is 2.01. The number of hydrogen-bond donors (Lipinski definition) is 1. The fraction of sp³-hybridized carbons (Fsp3) is 0.182. The average Bonchev–Trinajstić information content (AvgIpc) is 2.60. The van der Waals surface area contributed by atoms with Crippen molar-refractivity contribution in [3.63, 3.8) is 0 Å². The second-order valence-corrected chi connectivity index (χ2v) is 5.30. The first-order chi connectivity index (χ1) is 7.63. The summed E-state index contributed by atoms with van der Waals surface area (Å²) in [5.41, 5.74) is 8.24. The minimum Gasteiger partial charge on any atom is -1.00 e. The molecule has 2 N–H and O–H groups in total. The van der Waals surface area contributed by atoms with Gasteiger partial charge in [-0.15, -0.1) is 4.57 Å². The van der Waals surface area contributed by atoms with Crippen molar-refractivity contribution >= 4 is 28.8 Å². The molecule has 0 radical (unpaired) electrons. The number of aryl methyl sites for hydroxylation is 1. The second kappa shape index (κ2) is 6.01. The second-order valence-electron chi connectivity index (χ2n) is 3.39. The number of hydrogen-bond acceptors (Lipinski definition) is 3. The van der Waals surface area contributed by atoms with Gasteiger partial charge in [-0.1, -0.05) is 11.3 Å². The van der Waals surface area contributed by atoms with Gasteiger partial charge in [0.2, 0.25) is 5.69 Å². The van der Waals surface area contributed by atoms with Crippen molar-refractivity contribution in [2.75, 3.05) is 12.0 Å². The Hall–Kier alpha value is -0.340. The Morgan fingerprint density at radius 1 is 1.41 bits per heavy atom. The van der Waals surface area contributed by atoms with Crippen molar-refractivity contribution in [3.05, 3.63) is 35.1 Å². The molecule has 0 spiro atoms. The molecular formula is C11H12FIN2S2. The molecule has 0 saturated heterocycles. The van der Waals surface area contributed by atoms with Crippen LogP contribution in [0.1, 0.15) is 5.69 Å². The molecule has 0 bridgehead atoms. The van der Waals surface area contributed by atoms with Crippen molar-refractivity contribution in [2.45, 2.75) is 11.3 Å². The molecule has 1 aromatic heterocycles. The van der Waals surface area contributed by atoms with Crippen LogP contribution in [0.5, 0.6) is 0 Å². The minimum absolute atomic E-state index is 0. The van der Waals surface area contributed by atoms with Gasteiger partial charge in [-0.2, -0.15) is 0 Å². The molecule has 1 aromatic carbocycles. The van der Waals surface area contributed by atoms with Crippen molar-refractivity contribution in [1.82, 2.24) is 0 Å². The van der Waals surface area contributed by atoms with Crippen LogP contribution in [0.25, 0.3) is 5.69 Å². The third kappa shape index (κ3) is 2.92. The Morgan fingerprint density at radius 3 is 2.71 bits per heavy atom. The third-order valence-corrected chi connectivity index (χ3v) is 4.43. The highest BCUT2D eigenvalue weighted by Crippen LogP contribution is 2.23. The number of aromatic nitrogens is 1. The highest BCUT2D eigenvalue weighted by atomic mass is 127. The van der Waals surface area contributed by atoms with Gasteiger partial charge in [0.05, 0.1) is 5.38 Å². The van der Waals surface area contributed by atoms with Gasteiger partial charge in [0.15, 0.2) is 5.69 Å². The first-order valence-electron chi connectivity index (χ1n) is 4.73. The first kappa shape index (κ1) is 14.7. The van der Waals surface area contributed by atoms with Crippen molar-refractivity contribution in [3.8, 4) is 5.69 Å². The third-order valence-electron chi connectivity index (χ3n) is 2.27. The normalized spacial score (nSPS) is 10.1. The molecule has 2 aromatic rings. The zero-order valence-corrected chi connectivity index (χ0v) is 13.2. The minimum atomic E-state index is -0.305. The molecule has 0 saturated carbocycles. The summed E-state index contributed by atoms with van der Waals surface area (Å²) in [5, 5.41) is 2.06. The number of benzene rings is 1. The van der Waals surface area contributed by atoms with Crippen molar-refractivity contribution in [2.24, 2.45) is 0 Å². The predicted molar refractivity (Wildman–Crippen MR) is 66.7 cm³/mol. The van der Waals surface area contributed by atoms with Crippen LogP contribution in [0.2, 0.25) is 0 Å². The summed E-state index contributed by atoms with van der Waals surface area (Å²) in [6.07, 6.45) is 2.02. The lowest BCUT2D eigenvalue weighted by molar-refractivity contribution is -0.634. The largest absolute Gasteiger partial charge is 1.00 e. The number of nitrogens with two attached hydrogens (primary N) is 1. The Kier molecular flexibility index (Phi) is 5.21. The van der Waals surface area contributed by atoms with E-state index >= 15 is 0 Å². The zero-order valence-electron chi connectivity index (χ0n) is 9.41. The molecule has 0 unspecified atom stereocenters. The van der Waals surface area contributed by atoms with E-state index in [-0.39, 0.29) is 29.8 Å². The molecule has 0 aliphatic heterocycles. The molecule has 0 aliphatic rings. The number of thiazole rings is 1. The lowest BCUT2D eigenvalue weighted by Gasteiger charge is -2.01. The number of thioether (sulfide) groups is 1. The molecule has 0 aliphatic carbocycles. The van der Waals surface area contributed by atoms with Gasteiger partial charge < -0.3 is 29.7 Å². The van der Waals surface area contributed by atoms with Gasteiger partial charge in [0.25, 0.3) is 0 Å². The van der Waals surface area contributed by atoms with Crippen LogP contribution in [0.4, 0.5) is 10.1 Å². The monoisotopic (exact) mass is 382 g/mol. The lowest BCUT2D eigenvalue weighted by atomic mass is 10.2. The van der Waals surface area contributed by atoms with Crippen LogP contribution < -0.4 is 34.3 Å². The smallest absolute Gasteiger partial charge is 0.303 e. The summed E-state index contributed by atoms with van der Waals surface area (Å²) in [7, 11) is 0. The highest BCUT2D eigenvalue weighted by Gasteiger charge is 2.21. The van der Waals surface area contributed by atoms with Crippen molar-refractivity contribution in [1.29, 1.82) is 0 Å². The maximum Gasteiger partial charge on any atom is 0.303 e. The van der Waals surface area contributed by atoms with E-state index in [4.69, 9.17) is 5.73 Å². The Bertz CT molecular complexity index is 528. The van der Waals surface area contributed by atoms with Crippen LogP contribution in [-0.4, -0.2) is 6.26 Å². The van der Waals surface area contributed by atoms with E-state index in [2.05, 4.69) is 5.38 Å². The Labute approximate surface area is 125 Å². The average molecular weight is 382 g/mol. The summed E-state index contributed by atoms with van der Waals surface area (Å²) in [6, 6.07) is 4.49. The van der Waals surface area contributed by atoms with Gasteiger partial charge in [0, 0.05) is 19.1 Å². The topological polar surface area (TPSA) is 29.9 Å². The first-order valence-corrected chi connectivity index (χ1v) is 6.83. The summed E-state index contributed by atoms with van der Waals surface area (Å²) in [5.74, 6) is -0.305. The van der Waals surface area contributed by atoms with E-state index < -0.39 is 0 Å². The fourth-order valence-corrected chi connectivity index (χ4v) is 3.22. The predicted octanol–water partition coefficient (Wildman–Crippen LogP) is -0.220. The van der Waals surface area contributed by atoms with E-state index in [0.29, 0.717) is 5.69 Å². The molecule has 17 heavy (non-hydrogen) atoms. The highest BCUT2D eigenvalue weighted by molar-refractivity contribution is 8.00. The van der Waals surface area contributed by atoms with Gasteiger partial charge in [-0.05, 0) is 24.1 Å². The Balaban J connectivity index is 0.00000144. The quantitative estimate of drug-likeness (QED) is 0.337. The van der Waals surface area contributed by atoms with E-state index in [1.54, 1.807) is 29.2 Å². The fourth-order valence-electron chi connectivity index (χ4n) is 1.54. The van der Waals surface area contributed by atoms with Crippen LogP contribution >= 0.6 is 23.1 Å². The van der Waals surface area contributed by atoms with E-state index in [1.165, 1.54) is 12.1 Å². The van der Waals surface area contributed by atoms with Crippen LogP contribution in [0.15, 0.2) is 27.9 Å². The van der Waals surface area contributed by atoms with Crippen molar-refractivity contribution < 1.29 is 32.9 Å². The van der Waals surface area contributed by atoms with Gasteiger partial charge in [-0.25, -0.2) is 4.39 Å². The summed E-state index contributed by atoms with van der Waals surface area (Å²) in [4.78, 5) is 0. The summed E-state index contributed by atoms with van der Waals surface area (Å²) >= 11 is 3.32. The van der Waals surface area contributed by atoms with Gasteiger partial charge >= 0.3 is 4.34 Å². The van der Waals surface area contributed by atoms with Crippen LogP contribution in [0, 0.1) is 12.7 Å². The molecule has 92 valence electrons. The van der Waals surface area contributed by atoms with Gasteiger partial charge in [0.1, 0.15) is 11.5 Å². The number of halogens is 2. The lowest BCUT2D eigenvalue weighted by Crippen LogP contribution is -3.00. The standard InChI is InChI=1S/C11H12FN2S2.HI/c1-7-6-16-11(15-2)14(7)10-4-3-8(12)5-9(10)13;/h3-6H,13H2,1-2H3;1H/q+1;/p-1. The number of rotatable bonds is 2. The zero-order chi connectivity index (χ0) is 11.7. The number of nitrogens with zero attached hydrogens (tertiary/aromatic N) is 1. The molecule has 1 heterocycles. The van der Waals surface area contributed by atoms with Crippen LogP contribution in [-0.2, 0) is 0 Å². The van der Waals surface area contributed by atoms with E-state index in [0.717, 1.165) is 15.7 Å². The van der Waals surface area contributed by atoms with E-state index in [1.807, 2.05) is 17.7 Å². The molecular weight excluding hydrogens is 370 g/mol. The van der Waals surface area contributed by atoms with Crippen LogP contribution in [0.3, 0.4) is 0 Å². The maximum absolute atomic E-state index is 13.0. The molecule has 2 nitrogen and oxygen atoms in total. The molecule has 2 rings (SSSR count). The SMILES string of the molecule is CSc1scc(C)[n+]1-c1ccc(F)cc1N.[I-]. The van der Waals surface area contributed by atoms with E-state index in [9.17, 15) is 4.39 Å². The maximum atomic E-state index is 13.0. The number of anilines is 1. The van der Waals surface area contributed by atoms with Gasteiger partial charge in [-0.3, -0.25) is 0 Å². The molecule has 0 amide bonds. The molecule has 0 atom stereocenters.